The lowest BCUT2D eigenvalue weighted by Gasteiger charge is -2.16. The summed E-state index contributed by atoms with van der Waals surface area (Å²) in [4.78, 5) is 19.8. The van der Waals surface area contributed by atoms with Crippen LogP contribution < -0.4 is 5.32 Å². The number of nitrogens with one attached hydrogen (secondary N) is 2. The second kappa shape index (κ2) is 7.10. The number of urea groups is 1. The van der Waals surface area contributed by atoms with E-state index in [0.717, 1.165) is 4.90 Å². The fraction of sp³-hybridized carbons (Fsp3) is 0.500. The molecule has 1 saturated heterocycles. The third kappa shape index (κ3) is 3.74. The summed E-state index contributed by atoms with van der Waals surface area (Å²) in [5.41, 5.74) is 0.691. The van der Waals surface area contributed by atoms with E-state index in [-0.39, 0.29) is 17.6 Å². The number of H-pyrrole nitrogens is 1. The zero-order valence-electron chi connectivity index (χ0n) is 14.0. The van der Waals surface area contributed by atoms with Gasteiger partial charge in [-0.25, -0.2) is 14.2 Å². The smallest absolute Gasteiger partial charge is 0.381 e. The number of imidazole rings is 1. The predicted octanol–water partition coefficient (Wildman–Crippen LogP) is 2.74. The first kappa shape index (κ1) is 18.4. The van der Waals surface area contributed by atoms with Gasteiger partial charge >= 0.3 is 12.2 Å². The summed E-state index contributed by atoms with van der Waals surface area (Å²) in [5, 5.41) is 1.86. The number of amides is 2. The molecule has 6 nitrogen and oxygen atoms in total. The van der Waals surface area contributed by atoms with E-state index < -0.39 is 30.6 Å². The minimum atomic E-state index is -4.54. The van der Waals surface area contributed by atoms with E-state index in [1.165, 1.54) is 6.07 Å². The average Bonchev–Trinajstić information content (AvgIpc) is 3.14. The molecule has 0 radical (unpaired) electrons. The lowest BCUT2D eigenvalue weighted by Crippen LogP contribution is -2.40. The van der Waals surface area contributed by atoms with Crippen LogP contribution in [0.2, 0.25) is 0 Å². The van der Waals surface area contributed by atoms with Crippen molar-refractivity contribution in [1.29, 1.82) is 0 Å². The Bertz CT molecular complexity index is 805. The van der Waals surface area contributed by atoms with Crippen molar-refractivity contribution in [3.05, 3.63) is 29.3 Å². The van der Waals surface area contributed by atoms with Gasteiger partial charge in [0, 0.05) is 18.6 Å². The number of fused-ring (bicyclic) bond motifs is 1. The molecule has 0 bridgehead atoms. The van der Waals surface area contributed by atoms with Gasteiger partial charge in [0.15, 0.2) is 5.82 Å². The molecule has 1 atom stereocenters. The predicted molar refractivity (Wildman–Crippen MR) is 85.0 cm³/mol. The quantitative estimate of drug-likeness (QED) is 0.603. The largest absolute Gasteiger partial charge is 0.410 e. The van der Waals surface area contributed by atoms with E-state index in [1.807, 2.05) is 12.2 Å². The highest BCUT2D eigenvalue weighted by molar-refractivity contribution is 5.79. The summed E-state index contributed by atoms with van der Waals surface area (Å²) >= 11 is 0. The van der Waals surface area contributed by atoms with Gasteiger partial charge in [-0.1, -0.05) is 6.07 Å². The fourth-order valence-electron chi connectivity index (χ4n) is 2.81. The van der Waals surface area contributed by atoms with Gasteiger partial charge in [0.2, 0.25) is 0 Å². The molecule has 1 unspecified atom stereocenters. The number of rotatable bonds is 6. The van der Waals surface area contributed by atoms with Crippen LogP contribution in [0.5, 0.6) is 0 Å². The molecule has 2 N–H and O–H groups in total. The average molecular weight is 374 g/mol. The number of ether oxygens (including phenoxy) is 1. The van der Waals surface area contributed by atoms with Gasteiger partial charge in [-0.2, -0.15) is 13.2 Å². The van der Waals surface area contributed by atoms with Crippen molar-refractivity contribution >= 4 is 17.1 Å². The van der Waals surface area contributed by atoms with E-state index in [4.69, 9.17) is 4.74 Å². The van der Waals surface area contributed by atoms with Crippen molar-refractivity contribution in [2.75, 3.05) is 19.8 Å². The van der Waals surface area contributed by atoms with Gasteiger partial charge in [-0.15, -0.1) is 0 Å². The molecule has 0 aliphatic carbocycles. The third-order valence-electron chi connectivity index (χ3n) is 4.15. The van der Waals surface area contributed by atoms with Crippen LogP contribution in [-0.2, 0) is 17.7 Å². The summed E-state index contributed by atoms with van der Waals surface area (Å²) in [6.07, 6.45) is -4.05. The highest BCUT2D eigenvalue weighted by Gasteiger charge is 2.46. The number of alkyl halides is 3. The van der Waals surface area contributed by atoms with Crippen LogP contribution >= 0.6 is 0 Å². The van der Waals surface area contributed by atoms with Crippen molar-refractivity contribution in [2.45, 2.75) is 32.1 Å². The lowest BCUT2D eigenvalue weighted by molar-refractivity contribution is -0.149. The number of aromatic amines is 1. The zero-order chi connectivity index (χ0) is 18.9. The number of hydrogen-bond acceptors (Lipinski definition) is 3. The Hall–Kier alpha value is -2.36. The van der Waals surface area contributed by atoms with Gasteiger partial charge in [0.05, 0.1) is 25.2 Å². The van der Waals surface area contributed by atoms with E-state index in [1.54, 1.807) is 6.07 Å². The van der Waals surface area contributed by atoms with Crippen LogP contribution in [0.25, 0.3) is 11.0 Å². The fourth-order valence-corrected chi connectivity index (χ4v) is 2.81. The maximum Gasteiger partial charge on any atom is 0.410 e. The Kier molecular flexibility index (Phi) is 5.03. The van der Waals surface area contributed by atoms with Crippen molar-refractivity contribution in [3.8, 4) is 0 Å². The Morgan fingerprint density at radius 1 is 1.38 bits per heavy atom. The number of benzene rings is 1. The topological polar surface area (TPSA) is 70.2 Å². The van der Waals surface area contributed by atoms with Crippen LogP contribution in [-0.4, -0.2) is 52.9 Å². The molecule has 1 aromatic heterocycles. The first-order valence-electron chi connectivity index (χ1n) is 8.15. The maximum atomic E-state index is 14.7. The molecule has 1 aromatic carbocycles. The molecule has 2 amide bonds. The minimum absolute atomic E-state index is 0.0981. The molecule has 0 saturated carbocycles. The number of aromatic nitrogens is 2. The summed E-state index contributed by atoms with van der Waals surface area (Å²) in [7, 11) is 0. The van der Waals surface area contributed by atoms with Crippen LogP contribution in [0, 0.1) is 5.82 Å². The standard InChI is InChI=1S/C16H18F4N4O2/c1-2-26-6-5-12-21-10-4-3-9(13(17)14(10)23-12)7-24-8-11(16(18,19)20)22-15(24)25/h3-4,11H,2,5-8H2,1H3,(H,21,23)(H,22,25). The minimum Gasteiger partial charge on any atom is -0.381 e. The monoisotopic (exact) mass is 374 g/mol. The molecule has 1 aliphatic rings. The number of nitrogens with zero attached hydrogens (tertiary/aromatic N) is 2. The van der Waals surface area contributed by atoms with E-state index in [2.05, 4.69) is 9.97 Å². The van der Waals surface area contributed by atoms with Gasteiger partial charge < -0.3 is 19.9 Å². The highest BCUT2D eigenvalue weighted by Crippen LogP contribution is 2.26. The van der Waals surface area contributed by atoms with Crippen LogP contribution in [0.4, 0.5) is 22.4 Å². The highest BCUT2D eigenvalue weighted by atomic mass is 19.4. The van der Waals surface area contributed by atoms with Crippen molar-refractivity contribution in [2.24, 2.45) is 0 Å². The summed E-state index contributed by atoms with van der Waals surface area (Å²) in [6, 6.07) is 0.222. The van der Waals surface area contributed by atoms with Gasteiger partial charge in [-0.05, 0) is 13.0 Å². The van der Waals surface area contributed by atoms with E-state index in [0.29, 0.717) is 31.0 Å². The first-order valence-corrected chi connectivity index (χ1v) is 8.15. The second-order valence-corrected chi connectivity index (χ2v) is 5.99. The third-order valence-corrected chi connectivity index (χ3v) is 4.15. The lowest BCUT2D eigenvalue weighted by atomic mass is 10.1. The Labute approximate surface area is 146 Å². The number of halogens is 4. The van der Waals surface area contributed by atoms with Crippen LogP contribution in [0.3, 0.4) is 0 Å². The normalized spacial score (nSPS) is 18.0. The molecule has 1 aliphatic heterocycles. The number of carbonyl (C=O) groups excluding carboxylic acids is 1. The molecule has 142 valence electrons. The Morgan fingerprint density at radius 2 is 2.15 bits per heavy atom. The maximum absolute atomic E-state index is 14.7. The molecular formula is C16H18F4N4O2. The molecule has 2 heterocycles. The summed E-state index contributed by atoms with van der Waals surface area (Å²) < 4.78 is 58.1. The van der Waals surface area contributed by atoms with E-state index >= 15 is 0 Å². The first-order chi connectivity index (χ1) is 12.3. The zero-order valence-corrected chi connectivity index (χ0v) is 14.0. The summed E-state index contributed by atoms with van der Waals surface area (Å²) in [6.45, 7) is 2.05. The molecule has 10 heteroatoms. The Morgan fingerprint density at radius 3 is 2.81 bits per heavy atom. The van der Waals surface area contributed by atoms with E-state index in [9.17, 15) is 22.4 Å². The Balaban J connectivity index is 1.76. The molecule has 0 spiro atoms. The molecule has 26 heavy (non-hydrogen) atoms. The molecule has 3 rings (SSSR count). The van der Waals surface area contributed by atoms with Gasteiger partial charge in [0.25, 0.3) is 0 Å². The van der Waals surface area contributed by atoms with Crippen molar-refractivity contribution in [3.63, 3.8) is 0 Å². The second-order valence-electron chi connectivity index (χ2n) is 5.99. The van der Waals surface area contributed by atoms with Crippen LogP contribution in [0.1, 0.15) is 18.3 Å². The van der Waals surface area contributed by atoms with Gasteiger partial charge in [0.1, 0.15) is 17.4 Å². The number of hydrogen-bond donors (Lipinski definition) is 2. The SMILES string of the molecule is CCOCCc1nc2c(F)c(CN3CC(C(F)(F)F)NC3=O)ccc2[nH]1. The molecular weight excluding hydrogens is 356 g/mol. The molecule has 2 aromatic rings. The van der Waals surface area contributed by atoms with Crippen molar-refractivity contribution in [1.82, 2.24) is 20.2 Å². The van der Waals surface area contributed by atoms with Crippen LogP contribution in [0.15, 0.2) is 12.1 Å². The van der Waals surface area contributed by atoms with Gasteiger partial charge in [-0.3, -0.25) is 0 Å². The van der Waals surface area contributed by atoms with Crippen molar-refractivity contribution < 1.29 is 27.1 Å². The summed E-state index contributed by atoms with van der Waals surface area (Å²) in [5.74, 6) is -0.0924. The molecule has 1 fully saturated rings. The number of carbonyl (C=O) groups is 1.